The number of hydrogen-bond donors (Lipinski definition) is 1. The second-order valence-corrected chi connectivity index (χ2v) is 6.87. The van der Waals surface area contributed by atoms with E-state index in [0.29, 0.717) is 6.42 Å². The van der Waals surface area contributed by atoms with Crippen molar-refractivity contribution in [2.75, 3.05) is 0 Å². The number of carbonyl (C=O) groups is 2. The molecule has 0 spiro atoms. The van der Waals surface area contributed by atoms with E-state index in [2.05, 4.69) is 0 Å². The molecule has 2 aliphatic rings. The van der Waals surface area contributed by atoms with Gasteiger partial charge in [0.2, 0.25) is 0 Å². The van der Waals surface area contributed by atoms with E-state index in [4.69, 9.17) is 4.74 Å². The lowest BCUT2D eigenvalue weighted by Crippen LogP contribution is -2.60. The second-order valence-electron chi connectivity index (χ2n) is 6.87. The van der Waals surface area contributed by atoms with Crippen LogP contribution in [0.1, 0.15) is 51.0 Å². The summed E-state index contributed by atoms with van der Waals surface area (Å²) in [6.07, 6.45) is 4.25. The zero-order valence-electron chi connectivity index (χ0n) is 14.1. The van der Waals surface area contributed by atoms with Crippen molar-refractivity contribution in [1.29, 1.82) is 0 Å². The monoisotopic (exact) mass is 331 g/mol. The molecular formula is C19H25NO4. The van der Waals surface area contributed by atoms with E-state index in [1.165, 1.54) is 0 Å². The third-order valence-corrected chi connectivity index (χ3v) is 5.39. The van der Waals surface area contributed by atoms with Crippen molar-refractivity contribution in [2.24, 2.45) is 5.92 Å². The molecule has 0 bridgehead atoms. The number of benzene rings is 1. The molecule has 1 N–H and O–H groups in total. The van der Waals surface area contributed by atoms with Crippen LogP contribution in [0.5, 0.6) is 0 Å². The molecule has 0 heterocycles. The molecule has 24 heavy (non-hydrogen) atoms. The quantitative estimate of drug-likeness (QED) is 0.860. The van der Waals surface area contributed by atoms with Crippen LogP contribution in [0.25, 0.3) is 0 Å². The molecule has 3 rings (SSSR count). The van der Waals surface area contributed by atoms with Gasteiger partial charge in [0.1, 0.15) is 12.1 Å². The van der Waals surface area contributed by atoms with Gasteiger partial charge in [-0.25, -0.2) is 9.59 Å². The largest absolute Gasteiger partial charge is 0.479 e. The molecule has 0 aromatic heterocycles. The third kappa shape index (κ3) is 2.99. The molecule has 130 valence electrons. The Balaban J connectivity index is 1.80. The molecule has 2 aliphatic carbocycles. The number of ether oxygens (including phenoxy) is 1. The molecule has 2 atom stereocenters. The van der Waals surface area contributed by atoms with Gasteiger partial charge >= 0.3 is 12.1 Å². The first-order chi connectivity index (χ1) is 11.6. The molecule has 0 radical (unpaired) electrons. The first-order valence-corrected chi connectivity index (χ1v) is 8.83. The molecule has 1 aromatic rings. The van der Waals surface area contributed by atoms with Crippen molar-refractivity contribution in [3.8, 4) is 0 Å². The van der Waals surface area contributed by atoms with Crippen molar-refractivity contribution in [2.45, 2.75) is 63.6 Å². The van der Waals surface area contributed by atoms with Crippen LogP contribution >= 0.6 is 0 Å². The lowest BCUT2D eigenvalue weighted by molar-refractivity contribution is -0.154. The Hall–Kier alpha value is -2.04. The van der Waals surface area contributed by atoms with E-state index in [1.807, 2.05) is 37.3 Å². The normalized spacial score (nSPS) is 26.1. The zero-order valence-corrected chi connectivity index (χ0v) is 14.1. The Bertz CT molecular complexity index is 599. The van der Waals surface area contributed by atoms with Crippen LogP contribution in [-0.2, 0) is 16.1 Å². The van der Waals surface area contributed by atoms with Crippen molar-refractivity contribution < 1.29 is 19.4 Å². The SMILES string of the molecule is CCC1CCCC1(C(=O)O)N(C(=O)OCc1ccccc1)C1CC1. The summed E-state index contributed by atoms with van der Waals surface area (Å²) in [4.78, 5) is 26.6. The molecular weight excluding hydrogens is 306 g/mol. The highest BCUT2D eigenvalue weighted by Crippen LogP contribution is 2.47. The van der Waals surface area contributed by atoms with Crippen molar-refractivity contribution in [3.05, 3.63) is 35.9 Å². The predicted molar refractivity (Wildman–Crippen MR) is 89.5 cm³/mol. The summed E-state index contributed by atoms with van der Waals surface area (Å²) in [5, 5.41) is 10.00. The van der Waals surface area contributed by atoms with Crippen LogP contribution in [-0.4, -0.2) is 33.6 Å². The summed E-state index contributed by atoms with van der Waals surface area (Å²) in [6.45, 7) is 2.18. The summed E-state index contributed by atoms with van der Waals surface area (Å²) in [5.41, 5.74) is -0.187. The minimum absolute atomic E-state index is 0.000115. The molecule has 2 saturated carbocycles. The average molecular weight is 331 g/mol. The number of nitrogens with zero attached hydrogens (tertiary/aromatic N) is 1. The number of amides is 1. The van der Waals surface area contributed by atoms with Crippen LogP contribution in [0.2, 0.25) is 0 Å². The van der Waals surface area contributed by atoms with Crippen LogP contribution in [0.15, 0.2) is 30.3 Å². The molecule has 1 amide bonds. The Kier molecular flexibility index (Phi) is 4.78. The van der Waals surface area contributed by atoms with Gasteiger partial charge in [-0.15, -0.1) is 0 Å². The molecule has 5 heteroatoms. The van der Waals surface area contributed by atoms with Gasteiger partial charge in [0, 0.05) is 6.04 Å². The van der Waals surface area contributed by atoms with Gasteiger partial charge in [-0.1, -0.05) is 50.1 Å². The summed E-state index contributed by atoms with van der Waals surface area (Å²) in [7, 11) is 0. The third-order valence-electron chi connectivity index (χ3n) is 5.39. The number of carbonyl (C=O) groups excluding carboxylic acids is 1. The molecule has 1 aromatic carbocycles. The highest BCUT2D eigenvalue weighted by Gasteiger charge is 2.58. The van der Waals surface area contributed by atoms with Crippen molar-refractivity contribution >= 4 is 12.1 Å². The average Bonchev–Trinajstić information content (AvgIpc) is 3.32. The number of hydrogen-bond acceptors (Lipinski definition) is 3. The predicted octanol–water partition coefficient (Wildman–Crippen LogP) is 3.82. The van der Waals surface area contributed by atoms with Gasteiger partial charge in [-0.2, -0.15) is 0 Å². The number of carboxylic acids is 1. The van der Waals surface area contributed by atoms with Gasteiger partial charge in [0.25, 0.3) is 0 Å². The summed E-state index contributed by atoms with van der Waals surface area (Å²) < 4.78 is 5.50. The van der Waals surface area contributed by atoms with Gasteiger partial charge in [0.05, 0.1) is 0 Å². The smallest absolute Gasteiger partial charge is 0.411 e. The Morgan fingerprint density at radius 2 is 1.96 bits per heavy atom. The minimum Gasteiger partial charge on any atom is -0.479 e. The molecule has 0 saturated heterocycles. The fraction of sp³-hybridized carbons (Fsp3) is 0.579. The zero-order chi connectivity index (χ0) is 17.2. The van der Waals surface area contributed by atoms with Crippen LogP contribution in [0.3, 0.4) is 0 Å². The number of carboxylic acid groups (broad SMARTS) is 1. The Morgan fingerprint density at radius 3 is 2.54 bits per heavy atom. The minimum atomic E-state index is -1.09. The summed E-state index contributed by atoms with van der Waals surface area (Å²) in [6, 6.07) is 9.50. The lowest BCUT2D eigenvalue weighted by Gasteiger charge is -2.41. The number of aliphatic carboxylic acids is 1. The topological polar surface area (TPSA) is 66.8 Å². The van der Waals surface area contributed by atoms with Crippen molar-refractivity contribution in [1.82, 2.24) is 4.90 Å². The van der Waals surface area contributed by atoms with Gasteiger partial charge in [-0.3, -0.25) is 4.90 Å². The molecule has 2 fully saturated rings. The molecule has 2 unspecified atom stereocenters. The van der Waals surface area contributed by atoms with Gasteiger partial charge < -0.3 is 9.84 Å². The summed E-state index contributed by atoms with van der Waals surface area (Å²) >= 11 is 0. The Labute approximate surface area is 142 Å². The maximum atomic E-state index is 12.8. The highest BCUT2D eigenvalue weighted by molar-refractivity contribution is 5.85. The first kappa shape index (κ1) is 16.8. The van der Waals surface area contributed by atoms with Crippen molar-refractivity contribution in [3.63, 3.8) is 0 Å². The van der Waals surface area contributed by atoms with E-state index in [0.717, 1.165) is 37.7 Å². The van der Waals surface area contributed by atoms with Crippen LogP contribution < -0.4 is 0 Å². The second kappa shape index (κ2) is 6.83. The number of rotatable bonds is 6. The van der Waals surface area contributed by atoms with E-state index in [9.17, 15) is 14.7 Å². The lowest BCUT2D eigenvalue weighted by atomic mass is 9.83. The Morgan fingerprint density at radius 1 is 1.25 bits per heavy atom. The first-order valence-electron chi connectivity index (χ1n) is 8.83. The van der Waals surface area contributed by atoms with E-state index >= 15 is 0 Å². The highest BCUT2D eigenvalue weighted by atomic mass is 16.6. The standard InChI is InChI=1S/C19H25NO4/c1-2-15-9-6-12-19(15,17(21)22)20(16-10-11-16)18(23)24-13-14-7-4-3-5-8-14/h3-5,7-8,15-16H,2,6,9-13H2,1H3,(H,21,22). The van der Waals surface area contributed by atoms with E-state index < -0.39 is 17.6 Å². The van der Waals surface area contributed by atoms with Crippen LogP contribution in [0, 0.1) is 5.92 Å². The fourth-order valence-corrected chi connectivity index (χ4v) is 4.06. The van der Waals surface area contributed by atoms with Crippen LogP contribution in [0.4, 0.5) is 4.79 Å². The maximum absolute atomic E-state index is 12.8. The van der Waals surface area contributed by atoms with E-state index in [-0.39, 0.29) is 18.6 Å². The maximum Gasteiger partial charge on any atom is 0.411 e. The molecule has 0 aliphatic heterocycles. The fourth-order valence-electron chi connectivity index (χ4n) is 4.06. The molecule has 5 nitrogen and oxygen atoms in total. The van der Waals surface area contributed by atoms with E-state index in [1.54, 1.807) is 4.90 Å². The van der Waals surface area contributed by atoms with Gasteiger partial charge in [-0.05, 0) is 37.2 Å². The summed E-state index contributed by atoms with van der Waals surface area (Å²) in [5.74, 6) is -0.879. The van der Waals surface area contributed by atoms with Gasteiger partial charge in [0.15, 0.2) is 0 Å².